The number of aryl methyl sites for hydroxylation is 1. The van der Waals surface area contributed by atoms with Crippen molar-refractivity contribution in [2.24, 2.45) is 35.0 Å². The van der Waals surface area contributed by atoms with Crippen molar-refractivity contribution in [3.8, 4) is 0 Å². The number of nitrogens with zero attached hydrogens (tertiary/aromatic N) is 5. The minimum absolute atomic E-state index is 0.00162. The first-order valence-corrected chi connectivity index (χ1v) is 38.5. The first-order valence-electron chi connectivity index (χ1n) is 32.1. The summed E-state index contributed by atoms with van der Waals surface area (Å²) < 4.78 is 230. The third kappa shape index (κ3) is 18.3. The SMILES string of the molecule is CC(=O)NCCS(=O)(=O)N1[C@@H]2CC[C@H]1CC([C@H](N)Cc1cc(F)c(F)cc1F)C2.Cc1cnc(C(=O)NCCS(=O)(=O)N2[C@@H]3CC[C@H]2CC([C@H](N)Cc2cc(F)c(F)cc2F)C3)cn1.N[C@H](Cc1cc(F)c(F)cc1F)C1C[C@H]2CC[C@@H](C1)N2S(=O)(=O)CCNS(=O)(=O)C1CC1. The molecule has 96 heavy (non-hydrogen) atoms. The Balaban J connectivity index is 0.000000170. The van der Waals surface area contributed by atoms with Gasteiger partial charge in [0.25, 0.3) is 5.91 Å². The fraction of sp³-hybridized carbons (Fsp3) is 0.613. The number of sulfonamides is 4. The van der Waals surface area contributed by atoms with Gasteiger partial charge in [0, 0.05) is 105 Å². The van der Waals surface area contributed by atoms with Crippen LogP contribution in [0.25, 0.3) is 0 Å². The molecule has 1 saturated carbocycles. The van der Waals surface area contributed by atoms with Gasteiger partial charge >= 0.3 is 0 Å². The molecule has 6 saturated heterocycles. The van der Waals surface area contributed by atoms with Gasteiger partial charge in [0.05, 0.1) is 34.4 Å². The summed E-state index contributed by atoms with van der Waals surface area (Å²) in [6, 6.07) is 1.19. The van der Waals surface area contributed by atoms with Crippen LogP contribution >= 0.6 is 0 Å². The Morgan fingerprint density at radius 1 is 0.458 bits per heavy atom. The van der Waals surface area contributed by atoms with E-state index in [1.165, 1.54) is 27.9 Å². The van der Waals surface area contributed by atoms with Crippen LogP contribution in [-0.4, -0.2) is 165 Å². The average Bonchev–Trinajstić information content (AvgIpc) is 1.44. The maximum atomic E-state index is 14.1. The number of benzene rings is 3. The molecule has 3 aromatic carbocycles. The average molecular weight is 1440 g/mol. The standard InChI is InChI=1S/C23H28F3N5O3S.C20H28F3N3O4S2.C19H26F3N3O3S/c1-13-11-30-22(12-29-13)23(32)28-4-5-35(33,34)31-16-2-3-17(31)7-15(6-16)21(27)9-14-8-19(25)20(26)10-18(14)24;21-17-11-19(23)18(22)9-12(17)10-20(24)13-7-14-1-2-15(8-13)26(14)31(27,28)6-5-25-32(29,30)16-3-4-16;1-11(26)24-4-5-29(27,28)25-14-2-3-15(25)7-13(6-14)19(23)9-12-8-17(21)18(22)10-16(12)20/h8,10-12,15-17,21H,2-7,9,27H2,1H3,(H,28,32);9,11,13-16,20,25H,1-8,10,24H2;8,10,13-15,19H,2-7,9,23H2,1H3,(H,24,26)/t15?,16-,17+,21-;13?,14-,15+,20-;13?,14-,15+,19-/m111/s1. The van der Waals surface area contributed by atoms with E-state index in [1.807, 2.05) is 0 Å². The Bertz CT molecular complexity index is 3910. The highest BCUT2D eigenvalue weighted by atomic mass is 32.2. The minimum Gasteiger partial charge on any atom is -0.355 e. The summed E-state index contributed by atoms with van der Waals surface area (Å²) in [7, 11) is -14.3. The maximum absolute atomic E-state index is 14.1. The van der Waals surface area contributed by atoms with Crippen molar-refractivity contribution in [2.75, 3.05) is 36.9 Å². The van der Waals surface area contributed by atoms with E-state index in [1.54, 1.807) is 11.2 Å². The lowest BCUT2D eigenvalue weighted by atomic mass is 9.83. The first-order chi connectivity index (χ1) is 45.1. The Kier molecular flexibility index (Phi) is 24.1. The van der Waals surface area contributed by atoms with Gasteiger partial charge in [-0.3, -0.25) is 14.6 Å². The summed E-state index contributed by atoms with van der Waals surface area (Å²) in [5.74, 6) is -11.3. The van der Waals surface area contributed by atoms with Gasteiger partial charge in [-0.2, -0.15) is 12.9 Å². The number of nitrogens with two attached hydrogens (primary N) is 3. The van der Waals surface area contributed by atoms with E-state index >= 15 is 0 Å². The normalized spacial score (nSPS) is 25.5. The highest BCUT2D eigenvalue weighted by molar-refractivity contribution is 7.91. The molecule has 2 amide bonds. The van der Waals surface area contributed by atoms with Crippen LogP contribution < -0.4 is 32.6 Å². The van der Waals surface area contributed by atoms with Crippen molar-refractivity contribution >= 4 is 51.9 Å². The number of rotatable bonds is 24. The van der Waals surface area contributed by atoms with Crippen molar-refractivity contribution in [1.82, 2.24) is 38.2 Å². The molecule has 532 valence electrons. The molecule has 6 bridgehead atoms. The molecule has 3 unspecified atom stereocenters. The number of amides is 2. The monoisotopic (exact) mass is 1440 g/mol. The molecule has 6 aliphatic heterocycles. The van der Waals surface area contributed by atoms with Gasteiger partial charge in [-0.1, -0.05) is 0 Å². The van der Waals surface area contributed by atoms with Crippen molar-refractivity contribution < 1.29 is 82.8 Å². The highest BCUT2D eigenvalue weighted by Crippen LogP contribution is 2.45. The summed E-state index contributed by atoms with van der Waals surface area (Å²) in [6.07, 6.45) is 11.4. The molecule has 11 rings (SSSR count). The highest BCUT2D eigenvalue weighted by Gasteiger charge is 2.51. The molecule has 1 aliphatic carbocycles. The number of hydrogen-bond acceptors (Lipinski definition) is 15. The molecule has 21 nitrogen and oxygen atoms in total. The summed E-state index contributed by atoms with van der Waals surface area (Å²) >= 11 is 0. The third-order valence-corrected chi connectivity index (χ3v) is 27.4. The number of aromatic nitrogens is 2. The zero-order valence-electron chi connectivity index (χ0n) is 53.0. The Labute approximate surface area is 553 Å². The topological polar surface area (TPSA) is 320 Å². The van der Waals surface area contributed by atoms with E-state index in [4.69, 9.17) is 17.2 Å². The van der Waals surface area contributed by atoms with Gasteiger partial charge in [-0.15, -0.1) is 0 Å². The number of piperidine rings is 3. The van der Waals surface area contributed by atoms with E-state index in [-0.39, 0.29) is 138 Å². The van der Waals surface area contributed by atoms with Crippen LogP contribution in [0.15, 0.2) is 48.8 Å². The summed E-state index contributed by atoms with van der Waals surface area (Å²) in [4.78, 5) is 31.1. The summed E-state index contributed by atoms with van der Waals surface area (Å²) in [6.45, 7) is 2.91. The molecule has 1 aromatic heterocycles. The zero-order chi connectivity index (χ0) is 69.9. The molecule has 0 spiro atoms. The molecule has 4 aromatic rings. The van der Waals surface area contributed by atoms with Gasteiger partial charge in [0.2, 0.25) is 46.0 Å². The Hall–Kier alpha value is -5.43. The maximum Gasteiger partial charge on any atom is 0.271 e. The molecule has 7 fully saturated rings. The van der Waals surface area contributed by atoms with Crippen LogP contribution in [0.3, 0.4) is 0 Å². The second-order valence-electron chi connectivity index (χ2n) is 26.4. The molecule has 34 heteroatoms. The smallest absolute Gasteiger partial charge is 0.271 e. The molecule has 7 heterocycles. The lowest BCUT2D eigenvalue weighted by Gasteiger charge is -2.40. The fourth-order valence-electron chi connectivity index (χ4n) is 14.7. The number of halogens is 9. The molecule has 7 aliphatic rings. The third-order valence-electron chi connectivity index (χ3n) is 19.5. The van der Waals surface area contributed by atoms with E-state index in [2.05, 4.69) is 25.3 Å². The van der Waals surface area contributed by atoms with Crippen LogP contribution in [0.4, 0.5) is 39.5 Å². The number of fused-ring (bicyclic) bond motifs is 6. The predicted molar refractivity (Wildman–Crippen MR) is 337 cm³/mol. The Morgan fingerprint density at radius 2 is 0.771 bits per heavy atom. The van der Waals surface area contributed by atoms with Crippen LogP contribution in [0.5, 0.6) is 0 Å². The number of hydrogen-bond donors (Lipinski definition) is 6. The lowest BCUT2D eigenvalue weighted by Crippen LogP contribution is -2.51. The van der Waals surface area contributed by atoms with E-state index < -0.39 is 122 Å². The predicted octanol–water partition coefficient (Wildman–Crippen LogP) is 5.39. The number of nitrogens with one attached hydrogen (secondary N) is 3. The summed E-state index contributed by atoms with van der Waals surface area (Å²) in [5, 5.41) is 4.67. The fourth-order valence-corrected chi connectivity index (χ4v) is 21.8. The van der Waals surface area contributed by atoms with Crippen molar-refractivity contribution in [3.05, 3.63) is 129 Å². The molecule has 9 N–H and O–H groups in total. The molecular formula is C62H82F9N11O10S4. The van der Waals surface area contributed by atoms with Gasteiger partial charge in [0.1, 0.15) is 23.1 Å². The molecular weight excluding hydrogens is 1360 g/mol. The van der Waals surface area contributed by atoms with Crippen LogP contribution in [0.2, 0.25) is 0 Å². The first kappa shape index (κ1) is 74.8. The second-order valence-corrected chi connectivity index (χ2v) is 34.4. The van der Waals surface area contributed by atoms with Crippen LogP contribution in [0, 0.1) is 77.0 Å². The molecule has 12 atom stereocenters. The second kappa shape index (κ2) is 31.0. The lowest BCUT2D eigenvalue weighted by molar-refractivity contribution is -0.118. The number of carbonyl (C=O) groups is 2. The molecule has 0 radical (unpaired) electrons. The Morgan fingerprint density at radius 3 is 1.07 bits per heavy atom. The number of carbonyl (C=O) groups excluding carboxylic acids is 2. The van der Waals surface area contributed by atoms with Crippen molar-refractivity contribution in [3.63, 3.8) is 0 Å². The van der Waals surface area contributed by atoms with Gasteiger partial charge in [-0.05, 0) is 169 Å². The van der Waals surface area contributed by atoms with Crippen molar-refractivity contribution in [2.45, 2.75) is 183 Å². The van der Waals surface area contributed by atoms with Crippen LogP contribution in [-0.2, 0) is 64.2 Å². The van der Waals surface area contributed by atoms with E-state index in [0.29, 0.717) is 101 Å². The minimum atomic E-state index is -3.66. The van der Waals surface area contributed by atoms with Gasteiger partial charge < -0.3 is 27.8 Å². The van der Waals surface area contributed by atoms with Crippen LogP contribution in [0.1, 0.15) is 130 Å². The van der Waals surface area contributed by atoms with Gasteiger partial charge in [0.15, 0.2) is 34.9 Å². The van der Waals surface area contributed by atoms with E-state index in [9.17, 15) is 82.8 Å². The van der Waals surface area contributed by atoms with Crippen molar-refractivity contribution in [1.29, 1.82) is 0 Å². The summed E-state index contributed by atoms with van der Waals surface area (Å²) in [5.41, 5.74) is 19.7. The largest absolute Gasteiger partial charge is 0.355 e. The quantitative estimate of drug-likeness (QED) is 0.0379. The van der Waals surface area contributed by atoms with E-state index in [0.717, 1.165) is 31.0 Å². The van der Waals surface area contributed by atoms with Gasteiger partial charge in [-0.25, -0.2) is 82.9 Å². The zero-order valence-corrected chi connectivity index (χ0v) is 56.2.